The fourth-order valence-corrected chi connectivity index (χ4v) is 4.06. The summed E-state index contributed by atoms with van der Waals surface area (Å²) in [6, 6.07) is 0.708. The maximum absolute atomic E-state index is 10.2. The van der Waals surface area contributed by atoms with Crippen molar-refractivity contribution in [3.8, 4) is 0 Å². The van der Waals surface area contributed by atoms with Crippen LogP contribution in [0.3, 0.4) is 0 Å². The molecule has 1 aliphatic heterocycles. The average Bonchev–Trinajstić information content (AvgIpc) is 2.55. The van der Waals surface area contributed by atoms with Gasteiger partial charge in [0.05, 0.1) is 5.60 Å². The monoisotopic (exact) mass is 282 g/mol. The van der Waals surface area contributed by atoms with Crippen LogP contribution in [-0.4, -0.2) is 47.8 Å². The van der Waals surface area contributed by atoms with E-state index in [1.807, 2.05) is 6.92 Å². The molecule has 3 heteroatoms. The Balaban J connectivity index is 1.88. The Kier molecular flexibility index (Phi) is 5.88. The number of nitrogens with zero attached hydrogens (tertiary/aromatic N) is 1. The summed E-state index contributed by atoms with van der Waals surface area (Å²) in [4.78, 5) is 2.61. The van der Waals surface area contributed by atoms with Gasteiger partial charge in [-0.15, -0.1) is 0 Å². The Morgan fingerprint density at radius 3 is 2.80 bits per heavy atom. The molecule has 0 aromatic rings. The molecule has 3 nitrogen and oxygen atoms in total. The van der Waals surface area contributed by atoms with E-state index in [1.54, 1.807) is 0 Å². The van der Waals surface area contributed by atoms with Gasteiger partial charge in [-0.3, -0.25) is 0 Å². The van der Waals surface area contributed by atoms with E-state index in [1.165, 1.54) is 32.4 Å². The molecule has 0 aromatic carbocycles. The highest BCUT2D eigenvalue weighted by molar-refractivity contribution is 4.87. The number of aliphatic hydroxyl groups is 1. The molecule has 2 fully saturated rings. The van der Waals surface area contributed by atoms with E-state index in [9.17, 15) is 5.11 Å². The van der Waals surface area contributed by atoms with Crippen LogP contribution in [0.2, 0.25) is 0 Å². The summed E-state index contributed by atoms with van der Waals surface area (Å²) < 4.78 is 0. The lowest BCUT2D eigenvalue weighted by Crippen LogP contribution is -2.46. The second kappa shape index (κ2) is 7.24. The van der Waals surface area contributed by atoms with Gasteiger partial charge in [0.15, 0.2) is 0 Å². The first-order valence-corrected chi connectivity index (χ1v) is 8.68. The normalized spacial score (nSPS) is 40.5. The van der Waals surface area contributed by atoms with Gasteiger partial charge in [0.1, 0.15) is 0 Å². The molecule has 0 bridgehead atoms. The van der Waals surface area contributed by atoms with Crippen LogP contribution < -0.4 is 5.32 Å². The summed E-state index contributed by atoms with van der Waals surface area (Å²) in [6.07, 6.45) is 7.11. The standard InChI is InChI=1S/C17H34N2O/c1-4-18-16-7-6-14(2)12-15(16)13-19-10-5-8-17(3,20)9-11-19/h14-16,18,20H,4-13H2,1-3H3. The van der Waals surface area contributed by atoms with E-state index in [4.69, 9.17) is 0 Å². The van der Waals surface area contributed by atoms with Crippen molar-refractivity contribution >= 4 is 0 Å². The maximum Gasteiger partial charge on any atom is 0.0632 e. The lowest BCUT2D eigenvalue weighted by atomic mass is 9.78. The summed E-state index contributed by atoms with van der Waals surface area (Å²) in [5.74, 6) is 1.67. The summed E-state index contributed by atoms with van der Waals surface area (Å²) >= 11 is 0. The quantitative estimate of drug-likeness (QED) is 0.832. The lowest BCUT2D eigenvalue weighted by Gasteiger charge is -2.38. The number of hydrogen-bond acceptors (Lipinski definition) is 3. The number of nitrogens with one attached hydrogen (secondary N) is 1. The van der Waals surface area contributed by atoms with Crippen LogP contribution in [0.25, 0.3) is 0 Å². The zero-order valence-corrected chi connectivity index (χ0v) is 13.7. The van der Waals surface area contributed by atoms with Crippen LogP contribution in [0.4, 0.5) is 0 Å². The maximum atomic E-state index is 10.2. The van der Waals surface area contributed by atoms with Crippen molar-refractivity contribution in [1.29, 1.82) is 0 Å². The van der Waals surface area contributed by atoms with Crippen molar-refractivity contribution in [1.82, 2.24) is 10.2 Å². The van der Waals surface area contributed by atoms with E-state index in [2.05, 4.69) is 24.1 Å². The predicted octanol–water partition coefficient (Wildman–Crippen LogP) is 2.64. The number of rotatable bonds is 4. The third-order valence-corrected chi connectivity index (χ3v) is 5.36. The van der Waals surface area contributed by atoms with Crippen molar-refractivity contribution in [2.24, 2.45) is 11.8 Å². The molecule has 0 aromatic heterocycles. The molecule has 2 N–H and O–H groups in total. The molecule has 0 spiro atoms. The van der Waals surface area contributed by atoms with Crippen LogP contribution in [-0.2, 0) is 0 Å². The van der Waals surface area contributed by atoms with Crippen LogP contribution >= 0.6 is 0 Å². The van der Waals surface area contributed by atoms with Crippen LogP contribution in [0.15, 0.2) is 0 Å². The summed E-state index contributed by atoms with van der Waals surface area (Å²) in [7, 11) is 0. The SMILES string of the molecule is CCNC1CCC(C)CC1CN1CCCC(C)(O)CC1. The first kappa shape index (κ1) is 16.3. The Hall–Kier alpha value is -0.120. The first-order chi connectivity index (χ1) is 9.50. The van der Waals surface area contributed by atoms with Crippen LogP contribution in [0.5, 0.6) is 0 Å². The molecule has 2 rings (SSSR count). The second-order valence-electron chi connectivity index (χ2n) is 7.49. The van der Waals surface area contributed by atoms with Gasteiger partial charge in [-0.2, -0.15) is 0 Å². The summed E-state index contributed by atoms with van der Waals surface area (Å²) in [6.45, 7) is 11.2. The van der Waals surface area contributed by atoms with Gasteiger partial charge in [-0.1, -0.05) is 13.8 Å². The van der Waals surface area contributed by atoms with Gasteiger partial charge in [0, 0.05) is 19.1 Å². The largest absolute Gasteiger partial charge is 0.390 e. The topological polar surface area (TPSA) is 35.5 Å². The molecule has 0 amide bonds. The molecule has 1 aliphatic carbocycles. The molecule has 4 unspecified atom stereocenters. The van der Waals surface area contributed by atoms with Crippen molar-refractivity contribution in [3.05, 3.63) is 0 Å². The summed E-state index contributed by atoms with van der Waals surface area (Å²) in [5, 5.41) is 13.9. The molecule has 4 atom stereocenters. The zero-order valence-electron chi connectivity index (χ0n) is 13.7. The Bertz CT molecular complexity index is 293. The Labute approximate surface area is 125 Å². The number of hydrogen-bond donors (Lipinski definition) is 2. The fraction of sp³-hybridized carbons (Fsp3) is 1.00. The number of likely N-dealkylation sites (tertiary alicyclic amines) is 1. The lowest BCUT2D eigenvalue weighted by molar-refractivity contribution is 0.0433. The highest BCUT2D eigenvalue weighted by Crippen LogP contribution is 2.31. The highest BCUT2D eigenvalue weighted by atomic mass is 16.3. The van der Waals surface area contributed by atoms with Gasteiger partial charge in [-0.25, -0.2) is 0 Å². The molecular formula is C17H34N2O. The second-order valence-corrected chi connectivity index (χ2v) is 7.49. The van der Waals surface area contributed by atoms with Crippen LogP contribution in [0.1, 0.15) is 59.3 Å². The molecule has 20 heavy (non-hydrogen) atoms. The van der Waals surface area contributed by atoms with Crippen molar-refractivity contribution in [2.45, 2.75) is 70.9 Å². The van der Waals surface area contributed by atoms with E-state index in [-0.39, 0.29) is 0 Å². The van der Waals surface area contributed by atoms with Crippen molar-refractivity contribution in [3.63, 3.8) is 0 Å². The molecule has 2 aliphatic rings. The van der Waals surface area contributed by atoms with E-state index < -0.39 is 5.60 Å². The van der Waals surface area contributed by atoms with Gasteiger partial charge in [0.25, 0.3) is 0 Å². The van der Waals surface area contributed by atoms with Gasteiger partial charge < -0.3 is 15.3 Å². The average molecular weight is 282 g/mol. The van der Waals surface area contributed by atoms with Crippen molar-refractivity contribution in [2.75, 3.05) is 26.2 Å². The van der Waals surface area contributed by atoms with Gasteiger partial charge in [-0.05, 0) is 70.4 Å². The Morgan fingerprint density at radius 1 is 1.25 bits per heavy atom. The van der Waals surface area contributed by atoms with E-state index >= 15 is 0 Å². The zero-order chi connectivity index (χ0) is 14.6. The molecular weight excluding hydrogens is 248 g/mol. The van der Waals surface area contributed by atoms with Gasteiger partial charge in [0.2, 0.25) is 0 Å². The third-order valence-electron chi connectivity index (χ3n) is 5.36. The fourth-order valence-electron chi connectivity index (χ4n) is 4.06. The van der Waals surface area contributed by atoms with Crippen LogP contribution in [0, 0.1) is 11.8 Å². The highest BCUT2D eigenvalue weighted by Gasteiger charge is 2.31. The smallest absolute Gasteiger partial charge is 0.0632 e. The van der Waals surface area contributed by atoms with Crippen molar-refractivity contribution < 1.29 is 5.11 Å². The molecule has 1 saturated carbocycles. The molecule has 118 valence electrons. The minimum absolute atomic E-state index is 0.435. The molecule has 1 heterocycles. The predicted molar refractivity (Wildman–Crippen MR) is 84.9 cm³/mol. The summed E-state index contributed by atoms with van der Waals surface area (Å²) in [5.41, 5.74) is -0.435. The minimum atomic E-state index is -0.435. The first-order valence-electron chi connectivity index (χ1n) is 8.68. The van der Waals surface area contributed by atoms with Gasteiger partial charge >= 0.3 is 0 Å². The Morgan fingerprint density at radius 2 is 2.05 bits per heavy atom. The third kappa shape index (κ3) is 4.71. The molecule has 1 saturated heterocycles. The van der Waals surface area contributed by atoms with E-state index in [0.717, 1.165) is 44.2 Å². The van der Waals surface area contributed by atoms with E-state index in [0.29, 0.717) is 6.04 Å². The minimum Gasteiger partial charge on any atom is -0.390 e. The molecule has 0 radical (unpaired) electrons.